The molecule has 1 aliphatic rings. The number of esters is 1. The average Bonchev–Trinajstić information content (AvgIpc) is 2.85. The second kappa shape index (κ2) is 8.60. The van der Waals surface area contributed by atoms with Crippen molar-refractivity contribution in [3.63, 3.8) is 0 Å². The zero-order chi connectivity index (χ0) is 19.3. The van der Waals surface area contributed by atoms with Crippen molar-refractivity contribution in [2.75, 3.05) is 19.8 Å². The van der Waals surface area contributed by atoms with Gasteiger partial charge in [0.15, 0.2) is 0 Å². The number of carbonyl (C=O) groups is 3. The topological polar surface area (TPSA) is 84.9 Å². The van der Waals surface area contributed by atoms with Crippen molar-refractivity contribution in [2.45, 2.75) is 32.2 Å². The van der Waals surface area contributed by atoms with Gasteiger partial charge in [-0.2, -0.15) is 0 Å². The fourth-order valence-electron chi connectivity index (χ4n) is 2.62. The van der Waals surface area contributed by atoms with Crippen LogP contribution < -0.4 is 10.1 Å². The molecule has 0 radical (unpaired) electrons. The largest absolute Gasteiger partial charge is 0.488 e. The summed E-state index contributed by atoms with van der Waals surface area (Å²) in [5, 5.41) is 3.48. The highest BCUT2D eigenvalue weighted by Gasteiger charge is 2.49. The molecule has 1 fully saturated rings. The summed E-state index contributed by atoms with van der Waals surface area (Å²) in [4.78, 5) is 37.2. The number of urea groups is 1. The number of hydrogen-bond acceptors (Lipinski definition) is 5. The highest BCUT2D eigenvalue weighted by Crippen LogP contribution is 2.27. The molecule has 0 aliphatic carbocycles. The van der Waals surface area contributed by atoms with Crippen molar-refractivity contribution in [1.29, 1.82) is 0 Å². The SMILES string of the molecule is CCC1(CC)NC(=O)N(CC(=O)OCCOc2ccc(Cl)cc2Cl)C1=O. The third-order valence-electron chi connectivity index (χ3n) is 4.24. The van der Waals surface area contributed by atoms with Crippen molar-refractivity contribution < 1.29 is 23.9 Å². The molecule has 142 valence electrons. The van der Waals surface area contributed by atoms with E-state index in [1.807, 2.05) is 13.8 Å². The number of halogens is 2. The Morgan fingerprint density at radius 3 is 2.46 bits per heavy atom. The van der Waals surface area contributed by atoms with Crippen molar-refractivity contribution in [1.82, 2.24) is 10.2 Å². The zero-order valence-corrected chi connectivity index (χ0v) is 16.0. The highest BCUT2D eigenvalue weighted by molar-refractivity contribution is 6.35. The number of nitrogens with one attached hydrogen (secondary N) is 1. The van der Waals surface area contributed by atoms with Gasteiger partial charge in [-0.3, -0.25) is 14.5 Å². The first-order chi connectivity index (χ1) is 12.3. The van der Waals surface area contributed by atoms with Crippen LogP contribution in [0.25, 0.3) is 0 Å². The van der Waals surface area contributed by atoms with Crippen LogP contribution in [0.5, 0.6) is 5.75 Å². The van der Waals surface area contributed by atoms with Crippen LogP contribution in [0, 0.1) is 0 Å². The molecule has 1 aromatic carbocycles. The van der Waals surface area contributed by atoms with E-state index < -0.39 is 30.0 Å². The van der Waals surface area contributed by atoms with E-state index in [9.17, 15) is 14.4 Å². The minimum Gasteiger partial charge on any atom is -0.488 e. The predicted molar refractivity (Wildman–Crippen MR) is 96.5 cm³/mol. The maximum atomic E-state index is 12.4. The van der Waals surface area contributed by atoms with Gasteiger partial charge < -0.3 is 14.8 Å². The van der Waals surface area contributed by atoms with Gasteiger partial charge in [-0.15, -0.1) is 0 Å². The number of rotatable bonds is 8. The second-order valence-electron chi connectivity index (χ2n) is 5.75. The number of benzene rings is 1. The Bertz CT molecular complexity index is 706. The monoisotopic (exact) mass is 402 g/mol. The molecule has 1 saturated heterocycles. The average molecular weight is 403 g/mol. The molecule has 1 heterocycles. The summed E-state index contributed by atoms with van der Waals surface area (Å²) in [6.07, 6.45) is 0.907. The number of hydrogen-bond donors (Lipinski definition) is 1. The molecule has 9 heteroatoms. The number of nitrogens with zero attached hydrogens (tertiary/aromatic N) is 1. The van der Waals surface area contributed by atoms with E-state index in [4.69, 9.17) is 32.7 Å². The summed E-state index contributed by atoms with van der Waals surface area (Å²) < 4.78 is 10.4. The molecule has 0 spiro atoms. The molecule has 0 aromatic heterocycles. The third-order valence-corrected chi connectivity index (χ3v) is 4.77. The first kappa shape index (κ1) is 20.3. The molecule has 7 nitrogen and oxygen atoms in total. The van der Waals surface area contributed by atoms with Gasteiger partial charge in [0.2, 0.25) is 0 Å². The van der Waals surface area contributed by atoms with Gasteiger partial charge in [0.25, 0.3) is 5.91 Å². The summed E-state index contributed by atoms with van der Waals surface area (Å²) in [7, 11) is 0. The molecule has 3 amide bonds. The zero-order valence-electron chi connectivity index (χ0n) is 14.5. The summed E-state index contributed by atoms with van der Waals surface area (Å²) in [6.45, 7) is 3.20. The van der Waals surface area contributed by atoms with E-state index in [2.05, 4.69) is 5.32 Å². The molecule has 1 aliphatic heterocycles. The van der Waals surface area contributed by atoms with Gasteiger partial charge in [-0.05, 0) is 31.0 Å². The Labute approximate surface area is 161 Å². The summed E-state index contributed by atoms with van der Waals surface area (Å²) >= 11 is 11.8. The van der Waals surface area contributed by atoms with Gasteiger partial charge in [0.1, 0.15) is 31.0 Å². The molecule has 0 bridgehead atoms. The van der Waals surface area contributed by atoms with E-state index >= 15 is 0 Å². The molecular formula is C17H20Cl2N2O5. The normalized spacial score (nSPS) is 15.8. The van der Waals surface area contributed by atoms with Crippen LogP contribution in [-0.2, 0) is 14.3 Å². The van der Waals surface area contributed by atoms with Crippen LogP contribution in [0.15, 0.2) is 18.2 Å². The Morgan fingerprint density at radius 1 is 1.19 bits per heavy atom. The van der Waals surface area contributed by atoms with Crippen molar-refractivity contribution in [3.05, 3.63) is 28.2 Å². The summed E-state index contributed by atoms with van der Waals surface area (Å²) in [5.41, 5.74) is -0.939. The maximum absolute atomic E-state index is 12.4. The standard InChI is InChI=1S/C17H20Cl2N2O5/c1-3-17(4-2)15(23)21(16(24)20-17)10-14(22)26-8-7-25-13-6-5-11(18)9-12(13)19/h5-6,9H,3-4,7-8,10H2,1-2H3,(H,20,24). The molecule has 0 saturated carbocycles. The van der Waals surface area contributed by atoms with Crippen molar-refractivity contribution in [2.24, 2.45) is 0 Å². The minimum atomic E-state index is -0.939. The molecule has 0 atom stereocenters. The molecule has 26 heavy (non-hydrogen) atoms. The maximum Gasteiger partial charge on any atom is 0.326 e. The first-order valence-corrected chi connectivity index (χ1v) is 8.96. The van der Waals surface area contributed by atoms with E-state index in [1.54, 1.807) is 12.1 Å². The molecule has 2 rings (SSSR count). The predicted octanol–water partition coefficient (Wildman–Crippen LogP) is 3.03. The molecular weight excluding hydrogens is 383 g/mol. The van der Waals surface area contributed by atoms with E-state index in [0.29, 0.717) is 28.6 Å². The lowest BCUT2D eigenvalue weighted by atomic mass is 9.93. The Balaban J connectivity index is 1.80. The molecule has 1 N–H and O–H groups in total. The van der Waals surface area contributed by atoms with Gasteiger partial charge in [-0.25, -0.2) is 4.79 Å². The van der Waals surface area contributed by atoms with Crippen LogP contribution >= 0.6 is 23.2 Å². The molecule has 1 aromatic rings. The Hall–Kier alpha value is -1.99. The fraction of sp³-hybridized carbons (Fsp3) is 0.471. The number of carbonyl (C=O) groups excluding carboxylic acids is 3. The van der Waals surface area contributed by atoms with E-state index in [-0.39, 0.29) is 13.2 Å². The lowest BCUT2D eigenvalue weighted by Crippen LogP contribution is -2.46. The highest BCUT2D eigenvalue weighted by atomic mass is 35.5. The smallest absolute Gasteiger partial charge is 0.326 e. The number of imide groups is 1. The van der Waals surface area contributed by atoms with E-state index in [0.717, 1.165) is 4.90 Å². The van der Waals surface area contributed by atoms with Crippen molar-refractivity contribution >= 4 is 41.1 Å². The first-order valence-electron chi connectivity index (χ1n) is 8.20. The summed E-state index contributed by atoms with van der Waals surface area (Å²) in [5.74, 6) is -0.687. The van der Waals surface area contributed by atoms with Gasteiger partial charge in [0, 0.05) is 5.02 Å². The van der Waals surface area contributed by atoms with Crippen LogP contribution in [0.3, 0.4) is 0 Å². The van der Waals surface area contributed by atoms with E-state index in [1.165, 1.54) is 6.07 Å². The van der Waals surface area contributed by atoms with Gasteiger partial charge in [0.05, 0.1) is 5.02 Å². The van der Waals surface area contributed by atoms with Crippen LogP contribution in [-0.4, -0.2) is 48.1 Å². The lowest BCUT2D eigenvalue weighted by Gasteiger charge is -2.22. The Kier molecular flexibility index (Phi) is 6.72. The van der Waals surface area contributed by atoms with Crippen LogP contribution in [0.4, 0.5) is 4.79 Å². The van der Waals surface area contributed by atoms with Gasteiger partial charge >= 0.3 is 12.0 Å². The second-order valence-corrected chi connectivity index (χ2v) is 6.60. The Morgan fingerprint density at radius 2 is 1.88 bits per heavy atom. The molecule has 0 unspecified atom stereocenters. The lowest BCUT2D eigenvalue weighted by molar-refractivity contribution is -0.148. The third kappa shape index (κ3) is 4.40. The van der Waals surface area contributed by atoms with Crippen LogP contribution in [0.1, 0.15) is 26.7 Å². The number of ether oxygens (including phenoxy) is 2. The van der Waals surface area contributed by atoms with Crippen LogP contribution in [0.2, 0.25) is 10.0 Å². The van der Waals surface area contributed by atoms with Gasteiger partial charge in [-0.1, -0.05) is 37.0 Å². The minimum absolute atomic E-state index is 0.0475. The summed E-state index contributed by atoms with van der Waals surface area (Å²) in [6, 6.07) is 4.19. The quantitative estimate of drug-likeness (QED) is 0.410. The fourth-order valence-corrected chi connectivity index (χ4v) is 3.09. The number of amides is 3. The van der Waals surface area contributed by atoms with Crippen molar-refractivity contribution in [3.8, 4) is 5.75 Å².